The number of ether oxygens (including phenoxy) is 3. The molecule has 3 aliphatic rings. The molecule has 0 saturated heterocycles. The molecule has 1 spiro atoms. The number of fused-ring (bicyclic) bond motifs is 8. The Hall–Kier alpha value is -2.66. The van der Waals surface area contributed by atoms with E-state index in [1.807, 2.05) is 30.5 Å². The molecule has 0 N–H and O–H groups in total. The van der Waals surface area contributed by atoms with E-state index in [4.69, 9.17) is 30.8 Å². The summed E-state index contributed by atoms with van der Waals surface area (Å²) in [4.78, 5) is 4.87. The van der Waals surface area contributed by atoms with Crippen molar-refractivity contribution in [3.05, 3.63) is 64.2 Å². The number of aryl methyl sites for hydroxylation is 1. The van der Waals surface area contributed by atoms with Crippen molar-refractivity contribution in [2.75, 3.05) is 19.8 Å². The number of aromatic nitrogens is 2. The SMILES string of the molecule is CCCc1cnc2n1-c1cccc(Cl)c1C21COc2cc3c(cc21)OCCO3. The predicted molar refractivity (Wildman–Crippen MR) is 105 cm³/mol. The highest BCUT2D eigenvalue weighted by Gasteiger charge is 2.54. The van der Waals surface area contributed by atoms with Gasteiger partial charge in [0.15, 0.2) is 11.5 Å². The summed E-state index contributed by atoms with van der Waals surface area (Å²) in [5.41, 5.74) is 3.86. The van der Waals surface area contributed by atoms with Crippen molar-refractivity contribution in [3.8, 4) is 22.9 Å². The van der Waals surface area contributed by atoms with Gasteiger partial charge in [0.2, 0.25) is 0 Å². The zero-order valence-corrected chi connectivity index (χ0v) is 16.3. The molecular weight excluding hydrogens is 376 g/mol. The van der Waals surface area contributed by atoms with Crippen LogP contribution in [0.15, 0.2) is 36.5 Å². The fourth-order valence-corrected chi connectivity index (χ4v) is 5.13. The quantitative estimate of drug-likeness (QED) is 0.650. The highest BCUT2D eigenvalue weighted by Crippen LogP contribution is 2.57. The Bertz CT molecular complexity index is 1120. The van der Waals surface area contributed by atoms with Gasteiger partial charge in [-0.1, -0.05) is 31.0 Å². The van der Waals surface area contributed by atoms with Crippen LogP contribution in [-0.2, 0) is 11.8 Å². The van der Waals surface area contributed by atoms with E-state index in [0.29, 0.717) is 19.8 Å². The van der Waals surface area contributed by atoms with Crippen LogP contribution in [0.4, 0.5) is 0 Å². The molecule has 3 aromatic rings. The summed E-state index contributed by atoms with van der Waals surface area (Å²) < 4.78 is 20.1. The molecule has 6 rings (SSSR count). The van der Waals surface area contributed by atoms with Crippen molar-refractivity contribution in [1.29, 1.82) is 0 Å². The summed E-state index contributed by atoms with van der Waals surface area (Å²) in [6, 6.07) is 10.1. The second-order valence-electron chi connectivity index (χ2n) is 7.48. The second kappa shape index (κ2) is 5.67. The lowest BCUT2D eigenvalue weighted by Crippen LogP contribution is -2.30. The van der Waals surface area contributed by atoms with Crippen molar-refractivity contribution in [2.45, 2.75) is 25.2 Å². The van der Waals surface area contributed by atoms with Crippen molar-refractivity contribution in [2.24, 2.45) is 0 Å². The van der Waals surface area contributed by atoms with E-state index in [-0.39, 0.29) is 0 Å². The van der Waals surface area contributed by atoms with Crippen LogP contribution in [0.3, 0.4) is 0 Å². The molecule has 5 nitrogen and oxygen atoms in total. The summed E-state index contributed by atoms with van der Waals surface area (Å²) in [6.07, 6.45) is 4.00. The lowest BCUT2D eigenvalue weighted by molar-refractivity contribution is 0.171. The smallest absolute Gasteiger partial charge is 0.165 e. The first-order valence-electron chi connectivity index (χ1n) is 9.67. The van der Waals surface area contributed by atoms with Crippen LogP contribution >= 0.6 is 11.6 Å². The van der Waals surface area contributed by atoms with Crippen molar-refractivity contribution < 1.29 is 14.2 Å². The van der Waals surface area contributed by atoms with Crippen LogP contribution in [0.1, 0.15) is 36.0 Å². The minimum atomic E-state index is -0.537. The maximum atomic E-state index is 6.77. The molecule has 28 heavy (non-hydrogen) atoms. The van der Waals surface area contributed by atoms with E-state index in [2.05, 4.69) is 17.6 Å². The molecule has 0 bridgehead atoms. The molecule has 1 atom stereocenters. The molecule has 0 aliphatic carbocycles. The monoisotopic (exact) mass is 394 g/mol. The van der Waals surface area contributed by atoms with Gasteiger partial charge in [0.05, 0.1) is 5.69 Å². The van der Waals surface area contributed by atoms with Crippen LogP contribution in [0, 0.1) is 0 Å². The van der Waals surface area contributed by atoms with Crippen molar-refractivity contribution in [1.82, 2.24) is 9.55 Å². The van der Waals surface area contributed by atoms with Crippen LogP contribution < -0.4 is 14.2 Å². The lowest BCUT2D eigenvalue weighted by atomic mass is 9.76. The molecule has 6 heteroatoms. The van der Waals surface area contributed by atoms with Crippen LogP contribution in [0.5, 0.6) is 17.2 Å². The number of imidazole rings is 1. The molecule has 0 saturated carbocycles. The van der Waals surface area contributed by atoms with Crippen LogP contribution in [0.25, 0.3) is 5.69 Å². The molecule has 4 heterocycles. The predicted octanol–water partition coefficient (Wildman–Crippen LogP) is 4.29. The fourth-order valence-electron chi connectivity index (χ4n) is 4.80. The number of hydrogen-bond donors (Lipinski definition) is 0. The van der Waals surface area contributed by atoms with Crippen molar-refractivity contribution >= 4 is 11.6 Å². The van der Waals surface area contributed by atoms with E-state index in [9.17, 15) is 0 Å². The van der Waals surface area contributed by atoms with Gasteiger partial charge in [0.25, 0.3) is 0 Å². The average molecular weight is 395 g/mol. The third kappa shape index (κ3) is 1.90. The van der Waals surface area contributed by atoms with E-state index >= 15 is 0 Å². The van der Waals surface area contributed by atoms with Crippen LogP contribution in [-0.4, -0.2) is 29.4 Å². The van der Waals surface area contributed by atoms with Gasteiger partial charge < -0.3 is 14.2 Å². The Labute approximate surface area is 167 Å². The van der Waals surface area contributed by atoms with Gasteiger partial charge in [-0.15, -0.1) is 0 Å². The highest BCUT2D eigenvalue weighted by molar-refractivity contribution is 6.32. The molecule has 2 aromatic carbocycles. The van der Waals surface area contributed by atoms with Gasteiger partial charge >= 0.3 is 0 Å². The summed E-state index contributed by atoms with van der Waals surface area (Å²) in [6.45, 7) is 3.74. The van der Waals surface area contributed by atoms with E-state index in [1.165, 1.54) is 5.69 Å². The number of halogens is 1. The molecule has 142 valence electrons. The number of benzene rings is 2. The molecule has 0 radical (unpaired) electrons. The van der Waals surface area contributed by atoms with Gasteiger partial charge in [-0.3, -0.25) is 4.57 Å². The van der Waals surface area contributed by atoms with Crippen LogP contribution in [0.2, 0.25) is 5.02 Å². The minimum absolute atomic E-state index is 0.463. The summed E-state index contributed by atoms with van der Waals surface area (Å²) >= 11 is 6.77. The van der Waals surface area contributed by atoms with E-state index < -0.39 is 5.41 Å². The normalized spacial score (nSPS) is 20.6. The first-order valence-corrected chi connectivity index (χ1v) is 10.0. The van der Waals surface area contributed by atoms with E-state index in [0.717, 1.165) is 57.8 Å². The summed E-state index contributed by atoms with van der Waals surface area (Å²) in [5, 5.41) is 0.733. The Morgan fingerprint density at radius 1 is 1.11 bits per heavy atom. The maximum absolute atomic E-state index is 6.77. The minimum Gasteiger partial charge on any atom is -0.491 e. The van der Waals surface area contributed by atoms with Gasteiger partial charge in [-0.05, 0) is 24.6 Å². The zero-order chi connectivity index (χ0) is 18.9. The Morgan fingerprint density at radius 2 is 1.93 bits per heavy atom. The van der Waals surface area contributed by atoms with Crippen molar-refractivity contribution in [3.63, 3.8) is 0 Å². The van der Waals surface area contributed by atoms with Gasteiger partial charge in [-0.25, -0.2) is 4.98 Å². The van der Waals surface area contributed by atoms with Gasteiger partial charge in [-0.2, -0.15) is 0 Å². The third-order valence-corrected chi connectivity index (χ3v) is 6.25. The Balaban J connectivity index is 1.67. The first kappa shape index (κ1) is 16.3. The highest BCUT2D eigenvalue weighted by atomic mass is 35.5. The third-order valence-electron chi connectivity index (χ3n) is 5.93. The molecule has 1 unspecified atom stereocenters. The number of rotatable bonds is 2. The summed E-state index contributed by atoms with van der Waals surface area (Å²) in [5.74, 6) is 3.26. The topological polar surface area (TPSA) is 45.5 Å². The number of hydrogen-bond acceptors (Lipinski definition) is 4. The summed E-state index contributed by atoms with van der Waals surface area (Å²) in [7, 11) is 0. The average Bonchev–Trinajstić information content (AvgIpc) is 3.36. The second-order valence-corrected chi connectivity index (χ2v) is 7.89. The standard InChI is InChI=1S/C22H19ClN2O3/c1-2-4-13-11-24-21-22(20-15(23)5-3-6-16(20)25(13)21)12-28-17-10-19-18(9-14(17)22)26-7-8-27-19/h3,5-6,9-11H,2,4,7-8,12H2,1H3. The Morgan fingerprint density at radius 3 is 2.75 bits per heavy atom. The maximum Gasteiger partial charge on any atom is 0.165 e. The molecule has 1 aromatic heterocycles. The zero-order valence-electron chi connectivity index (χ0n) is 15.5. The molecule has 3 aliphatic heterocycles. The van der Waals surface area contributed by atoms with Gasteiger partial charge in [0, 0.05) is 34.1 Å². The molecular formula is C22H19ClN2O3. The molecule has 0 amide bonds. The van der Waals surface area contributed by atoms with E-state index in [1.54, 1.807) is 0 Å². The Kier molecular flexibility index (Phi) is 3.30. The lowest BCUT2D eigenvalue weighted by Gasteiger charge is -2.25. The fraction of sp³-hybridized carbons (Fsp3) is 0.318. The number of nitrogens with zero attached hydrogens (tertiary/aromatic N) is 2. The molecule has 0 fully saturated rings. The van der Waals surface area contributed by atoms with Gasteiger partial charge in [0.1, 0.15) is 36.8 Å². The largest absolute Gasteiger partial charge is 0.491 e. The first-order chi connectivity index (χ1) is 13.7.